The Hall–Kier alpha value is -2.29. The van der Waals surface area contributed by atoms with Crippen LogP contribution in [0.1, 0.15) is 36.5 Å². The Labute approximate surface area is 118 Å². The number of Topliss-reactive ketones (excluding diaryl/α,β-unsaturated/α-hetero) is 1. The minimum atomic E-state index is -0.0318. The number of rotatable bonds is 6. The van der Waals surface area contributed by atoms with Gasteiger partial charge in [0, 0.05) is 12.5 Å². The quantitative estimate of drug-likeness (QED) is 0.783. The zero-order valence-corrected chi connectivity index (χ0v) is 11.5. The maximum absolute atomic E-state index is 11.9. The summed E-state index contributed by atoms with van der Waals surface area (Å²) in [4.78, 5) is 11.9. The zero-order chi connectivity index (χ0) is 14.4. The average molecular weight is 270 g/mol. The van der Waals surface area contributed by atoms with Crippen molar-refractivity contribution in [2.45, 2.75) is 26.2 Å². The van der Waals surface area contributed by atoms with Gasteiger partial charge in [-0.15, -0.1) is 0 Å². The van der Waals surface area contributed by atoms with Gasteiger partial charge in [0.25, 0.3) is 0 Å². The van der Waals surface area contributed by atoms with E-state index < -0.39 is 0 Å². The first-order chi connectivity index (χ1) is 9.70. The molecule has 1 N–H and O–H groups in total. The minimum Gasteiger partial charge on any atom is -0.507 e. The third-order valence-corrected chi connectivity index (χ3v) is 3.01. The van der Waals surface area contributed by atoms with Crippen LogP contribution < -0.4 is 4.74 Å². The molecule has 0 aliphatic carbocycles. The second kappa shape index (κ2) is 6.75. The molecule has 0 aliphatic heterocycles. The van der Waals surface area contributed by atoms with Crippen LogP contribution in [0.5, 0.6) is 17.2 Å². The van der Waals surface area contributed by atoms with Gasteiger partial charge in [0.05, 0.1) is 5.56 Å². The smallest absolute Gasteiger partial charge is 0.166 e. The molecular weight excluding hydrogens is 252 g/mol. The van der Waals surface area contributed by atoms with E-state index in [-0.39, 0.29) is 11.5 Å². The van der Waals surface area contributed by atoms with Gasteiger partial charge in [-0.3, -0.25) is 4.79 Å². The summed E-state index contributed by atoms with van der Waals surface area (Å²) in [5.41, 5.74) is 0.360. The van der Waals surface area contributed by atoms with Crippen molar-refractivity contribution >= 4 is 5.78 Å². The summed E-state index contributed by atoms with van der Waals surface area (Å²) in [6.45, 7) is 2.03. The van der Waals surface area contributed by atoms with Gasteiger partial charge in [-0.25, -0.2) is 0 Å². The molecule has 0 saturated heterocycles. The number of para-hydroxylation sites is 1. The van der Waals surface area contributed by atoms with Gasteiger partial charge in [0.2, 0.25) is 0 Å². The minimum absolute atomic E-state index is 0.0282. The third-order valence-electron chi connectivity index (χ3n) is 3.01. The molecule has 3 nitrogen and oxygen atoms in total. The molecule has 0 aliphatic rings. The normalized spacial score (nSPS) is 10.2. The molecule has 20 heavy (non-hydrogen) atoms. The lowest BCUT2D eigenvalue weighted by atomic mass is 10.0. The summed E-state index contributed by atoms with van der Waals surface area (Å²) in [5.74, 6) is 1.15. The standard InChI is InChI=1S/C17H18O3/c1-2-3-9-16(18)15-11-10-14(12-17(15)19)20-13-7-5-4-6-8-13/h4-8,10-12,19H,2-3,9H2,1H3. The molecule has 0 amide bonds. The largest absolute Gasteiger partial charge is 0.507 e. The molecular formula is C17H18O3. The molecule has 2 aromatic carbocycles. The van der Waals surface area contributed by atoms with Gasteiger partial charge in [0.15, 0.2) is 5.78 Å². The van der Waals surface area contributed by atoms with E-state index in [4.69, 9.17) is 4.74 Å². The molecule has 0 spiro atoms. The van der Waals surface area contributed by atoms with E-state index >= 15 is 0 Å². The molecule has 0 atom stereocenters. The highest BCUT2D eigenvalue weighted by molar-refractivity contribution is 5.98. The predicted octanol–water partition coefficient (Wildman–Crippen LogP) is 4.56. The van der Waals surface area contributed by atoms with Gasteiger partial charge in [-0.2, -0.15) is 0 Å². The van der Waals surface area contributed by atoms with Crippen molar-refractivity contribution < 1.29 is 14.6 Å². The number of carbonyl (C=O) groups is 1. The number of phenols is 1. The van der Waals surface area contributed by atoms with Crippen LogP contribution in [0, 0.1) is 0 Å². The Morgan fingerprint density at radius 1 is 1.10 bits per heavy atom. The van der Waals surface area contributed by atoms with E-state index in [0.717, 1.165) is 12.8 Å². The van der Waals surface area contributed by atoms with E-state index in [0.29, 0.717) is 23.5 Å². The number of aromatic hydroxyl groups is 1. The molecule has 0 radical (unpaired) electrons. The van der Waals surface area contributed by atoms with Gasteiger partial charge in [-0.05, 0) is 30.7 Å². The van der Waals surface area contributed by atoms with E-state index in [1.807, 2.05) is 37.3 Å². The molecule has 0 saturated carbocycles. The summed E-state index contributed by atoms with van der Waals surface area (Å²) in [7, 11) is 0. The predicted molar refractivity (Wildman–Crippen MR) is 78.5 cm³/mol. The number of unbranched alkanes of at least 4 members (excludes halogenated alkanes) is 1. The lowest BCUT2D eigenvalue weighted by Gasteiger charge is -2.08. The topological polar surface area (TPSA) is 46.5 Å². The van der Waals surface area contributed by atoms with Gasteiger partial charge >= 0.3 is 0 Å². The van der Waals surface area contributed by atoms with E-state index in [1.54, 1.807) is 12.1 Å². The zero-order valence-electron chi connectivity index (χ0n) is 11.5. The number of ketones is 1. The lowest BCUT2D eigenvalue weighted by molar-refractivity contribution is 0.0977. The molecule has 2 aromatic rings. The van der Waals surface area contributed by atoms with Crippen LogP contribution in [0.15, 0.2) is 48.5 Å². The number of hydrogen-bond donors (Lipinski definition) is 1. The SMILES string of the molecule is CCCCC(=O)c1ccc(Oc2ccccc2)cc1O. The van der Waals surface area contributed by atoms with Crippen molar-refractivity contribution in [2.75, 3.05) is 0 Å². The maximum Gasteiger partial charge on any atom is 0.166 e. The fraction of sp³-hybridized carbons (Fsp3) is 0.235. The number of phenolic OH excluding ortho intramolecular Hbond substituents is 1. The molecule has 0 fully saturated rings. The number of ether oxygens (including phenoxy) is 1. The second-order valence-corrected chi connectivity index (χ2v) is 4.62. The molecule has 0 heterocycles. The van der Waals surface area contributed by atoms with Gasteiger partial charge < -0.3 is 9.84 Å². The van der Waals surface area contributed by atoms with Crippen molar-refractivity contribution in [2.24, 2.45) is 0 Å². The molecule has 0 bridgehead atoms. The van der Waals surface area contributed by atoms with Crippen molar-refractivity contribution in [1.29, 1.82) is 0 Å². The maximum atomic E-state index is 11.9. The highest BCUT2D eigenvalue weighted by Crippen LogP contribution is 2.28. The van der Waals surface area contributed by atoms with Crippen LogP contribution in [0.4, 0.5) is 0 Å². The first-order valence-electron chi connectivity index (χ1n) is 6.80. The van der Waals surface area contributed by atoms with Crippen molar-refractivity contribution in [3.63, 3.8) is 0 Å². The highest BCUT2D eigenvalue weighted by Gasteiger charge is 2.11. The van der Waals surface area contributed by atoms with Crippen LogP contribution in [0.2, 0.25) is 0 Å². The highest BCUT2D eigenvalue weighted by atomic mass is 16.5. The van der Waals surface area contributed by atoms with Crippen molar-refractivity contribution in [1.82, 2.24) is 0 Å². The first kappa shape index (κ1) is 14.1. The Balaban J connectivity index is 2.11. The van der Waals surface area contributed by atoms with Gasteiger partial charge in [0.1, 0.15) is 17.2 Å². The number of benzene rings is 2. The first-order valence-corrected chi connectivity index (χ1v) is 6.80. The van der Waals surface area contributed by atoms with E-state index in [2.05, 4.69) is 0 Å². The fourth-order valence-corrected chi connectivity index (χ4v) is 1.91. The summed E-state index contributed by atoms with van der Waals surface area (Å²) >= 11 is 0. The molecule has 2 rings (SSSR count). The van der Waals surface area contributed by atoms with Crippen LogP contribution >= 0.6 is 0 Å². The Bertz CT molecular complexity index is 576. The fourth-order valence-electron chi connectivity index (χ4n) is 1.91. The summed E-state index contributed by atoms with van der Waals surface area (Å²) in [6, 6.07) is 14.1. The van der Waals surface area contributed by atoms with Crippen molar-refractivity contribution in [3.05, 3.63) is 54.1 Å². The number of carbonyl (C=O) groups excluding carboxylic acids is 1. The lowest BCUT2D eigenvalue weighted by Crippen LogP contribution is -1.99. The van der Waals surface area contributed by atoms with Crippen LogP contribution in [-0.4, -0.2) is 10.9 Å². The summed E-state index contributed by atoms with van der Waals surface area (Å²) in [6.07, 6.45) is 2.26. The monoisotopic (exact) mass is 270 g/mol. The molecule has 0 unspecified atom stereocenters. The van der Waals surface area contributed by atoms with E-state index in [9.17, 15) is 9.90 Å². The van der Waals surface area contributed by atoms with Crippen LogP contribution in [0.3, 0.4) is 0 Å². The molecule has 0 aromatic heterocycles. The Morgan fingerprint density at radius 2 is 1.85 bits per heavy atom. The summed E-state index contributed by atoms with van der Waals surface area (Å²) in [5, 5.41) is 9.94. The third kappa shape index (κ3) is 3.60. The molecule has 3 heteroatoms. The average Bonchev–Trinajstić information content (AvgIpc) is 2.46. The van der Waals surface area contributed by atoms with Crippen molar-refractivity contribution in [3.8, 4) is 17.2 Å². The second-order valence-electron chi connectivity index (χ2n) is 4.62. The molecule has 104 valence electrons. The van der Waals surface area contributed by atoms with E-state index in [1.165, 1.54) is 6.07 Å². The Kier molecular flexibility index (Phi) is 4.77. The number of hydrogen-bond acceptors (Lipinski definition) is 3. The van der Waals surface area contributed by atoms with Gasteiger partial charge in [-0.1, -0.05) is 31.5 Å². The Morgan fingerprint density at radius 3 is 2.50 bits per heavy atom. The van der Waals surface area contributed by atoms with Crippen LogP contribution in [0.25, 0.3) is 0 Å². The summed E-state index contributed by atoms with van der Waals surface area (Å²) < 4.78 is 5.60. The van der Waals surface area contributed by atoms with Crippen LogP contribution in [-0.2, 0) is 0 Å².